The van der Waals surface area contributed by atoms with Crippen LogP contribution >= 0.6 is 0 Å². The first-order chi connectivity index (χ1) is 12.8. The van der Waals surface area contributed by atoms with E-state index in [0.717, 1.165) is 25.7 Å². The fraction of sp³-hybridized carbons (Fsp3) is 0.292. The Bertz CT molecular complexity index is 1030. The highest BCUT2D eigenvalue weighted by Gasteiger charge is 2.11. The molecule has 0 unspecified atom stereocenters. The van der Waals surface area contributed by atoms with Crippen LogP contribution in [0.25, 0.3) is 32.3 Å². The van der Waals surface area contributed by atoms with Crippen LogP contribution in [0.1, 0.15) is 38.2 Å². The van der Waals surface area contributed by atoms with Crippen LogP contribution in [0.15, 0.2) is 54.6 Å². The predicted octanol–water partition coefficient (Wildman–Crippen LogP) is 6.25. The van der Waals surface area contributed by atoms with E-state index in [0.29, 0.717) is 13.0 Å². The van der Waals surface area contributed by atoms with Crippen LogP contribution in [0.3, 0.4) is 0 Å². The third kappa shape index (κ3) is 3.12. The van der Waals surface area contributed by atoms with Gasteiger partial charge in [-0.1, -0.05) is 67.9 Å². The second-order valence-corrected chi connectivity index (χ2v) is 7.01. The van der Waals surface area contributed by atoms with Gasteiger partial charge in [0.1, 0.15) is 0 Å². The number of aryl methyl sites for hydroxylation is 1. The molecule has 4 rings (SSSR count). The smallest absolute Gasteiger partial charge is 0.305 e. The summed E-state index contributed by atoms with van der Waals surface area (Å²) in [6.07, 6.45) is 4.22. The number of carbonyl (C=O) groups excluding carboxylic acids is 1. The summed E-state index contributed by atoms with van der Waals surface area (Å²) < 4.78 is 5.26. The summed E-state index contributed by atoms with van der Waals surface area (Å²) in [7, 11) is 0. The third-order valence-electron chi connectivity index (χ3n) is 5.21. The zero-order valence-electron chi connectivity index (χ0n) is 15.3. The highest BCUT2D eigenvalue weighted by molar-refractivity contribution is 6.23. The van der Waals surface area contributed by atoms with Gasteiger partial charge in [0, 0.05) is 6.42 Å². The molecule has 0 spiro atoms. The Hall–Kier alpha value is -2.61. The molecule has 132 valence electrons. The van der Waals surface area contributed by atoms with Crippen molar-refractivity contribution in [1.29, 1.82) is 0 Å². The van der Waals surface area contributed by atoms with Crippen molar-refractivity contribution in [2.45, 2.75) is 39.0 Å². The summed E-state index contributed by atoms with van der Waals surface area (Å²) >= 11 is 0. The molecule has 2 nitrogen and oxygen atoms in total. The van der Waals surface area contributed by atoms with E-state index in [4.69, 9.17) is 4.74 Å². The van der Waals surface area contributed by atoms with Gasteiger partial charge in [0.05, 0.1) is 6.61 Å². The van der Waals surface area contributed by atoms with E-state index in [2.05, 4.69) is 61.5 Å². The van der Waals surface area contributed by atoms with Crippen LogP contribution in [-0.4, -0.2) is 12.6 Å². The zero-order valence-corrected chi connectivity index (χ0v) is 15.3. The van der Waals surface area contributed by atoms with Crippen molar-refractivity contribution in [1.82, 2.24) is 0 Å². The molecular formula is C24H24O2. The van der Waals surface area contributed by atoms with E-state index in [9.17, 15) is 4.79 Å². The van der Waals surface area contributed by atoms with E-state index >= 15 is 0 Å². The minimum absolute atomic E-state index is 0.0730. The van der Waals surface area contributed by atoms with Crippen LogP contribution < -0.4 is 0 Å². The average molecular weight is 344 g/mol. The SMILES string of the molecule is CCCCOC(=O)CCCc1ccc2ccc3cccc4ccc1c2c34. The predicted molar refractivity (Wildman–Crippen MR) is 109 cm³/mol. The summed E-state index contributed by atoms with van der Waals surface area (Å²) in [5.41, 5.74) is 1.32. The molecule has 0 fully saturated rings. The van der Waals surface area contributed by atoms with Crippen molar-refractivity contribution in [3.05, 3.63) is 60.2 Å². The number of unbranched alkanes of at least 4 members (excludes halogenated alkanes) is 1. The fourth-order valence-electron chi connectivity index (χ4n) is 3.84. The Labute approximate surface area is 154 Å². The monoisotopic (exact) mass is 344 g/mol. The highest BCUT2D eigenvalue weighted by Crippen LogP contribution is 2.36. The van der Waals surface area contributed by atoms with Crippen molar-refractivity contribution < 1.29 is 9.53 Å². The number of hydrogen-bond donors (Lipinski definition) is 0. The van der Waals surface area contributed by atoms with Gasteiger partial charge in [0.15, 0.2) is 0 Å². The summed E-state index contributed by atoms with van der Waals surface area (Å²) in [5, 5.41) is 7.87. The summed E-state index contributed by atoms with van der Waals surface area (Å²) in [5.74, 6) is -0.0730. The Kier molecular flexibility index (Phi) is 4.75. The topological polar surface area (TPSA) is 26.3 Å². The van der Waals surface area contributed by atoms with Crippen molar-refractivity contribution in [3.8, 4) is 0 Å². The molecule has 26 heavy (non-hydrogen) atoms. The van der Waals surface area contributed by atoms with Crippen molar-refractivity contribution in [2.75, 3.05) is 6.61 Å². The van der Waals surface area contributed by atoms with E-state index in [1.807, 2.05) is 0 Å². The Morgan fingerprint density at radius 1 is 0.846 bits per heavy atom. The summed E-state index contributed by atoms with van der Waals surface area (Å²) in [6, 6.07) is 19.8. The Morgan fingerprint density at radius 2 is 1.54 bits per heavy atom. The van der Waals surface area contributed by atoms with E-state index in [-0.39, 0.29) is 5.97 Å². The molecule has 0 heterocycles. The van der Waals surface area contributed by atoms with Crippen molar-refractivity contribution in [2.24, 2.45) is 0 Å². The molecule has 0 aliphatic carbocycles. The van der Waals surface area contributed by atoms with Gasteiger partial charge in [-0.25, -0.2) is 0 Å². The second-order valence-electron chi connectivity index (χ2n) is 7.01. The quantitative estimate of drug-likeness (QED) is 0.225. The molecule has 0 aliphatic heterocycles. The van der Waals surface area contributed by atoms with E-state index < -0.39 is 0 Å². The van der Waals surface area contributed by atoms with Gasteiger partial charge < -0.3 is 4.74 Å². The van der Waals surface area contributed by atoms with Crippen LogP contribution in [0.5, 0.6) is 0 Å². The maximum Gasteiger partial charge on any atom is 0.305 e. The lowest BCUT2D eigenvalue weighted by Gasteiger charge is -2.13. The molecular weight excluding hydrogens is 320 g/mol. The molecule has 0 bridgehead atoms. The molecule has 0 saturated heterocycles. The van der Waals surface area contributed by atoms with Gasteiger partial charge >= 0.3 is 5.97 Å². The molecule has 0 N–H and O–H groups in total. The fourth-order valence-corrected chi connectivity index (χ4v) is 3.84. The molecule has 0 saturated carbocycles. The summed E-state index contributed by atoms with van der Waals surface area (Å²) in [4.78, 5) is 11.8. The van der Waals surface area contributed by atoms with Crippen molar-refractivity contribution in [3.63, 3.8) is 0 Å². The minimum atomic E-state index is -0.0730. The molecule has 0 aromatic heterocycles. The first-order valence-electron chi connectivity index (χ1n) is 9.59. The van der Waals surface area contributed by atoms with E-state index in [1.165, 1.54) is 37.9 Å². The number of hydrogen-bond acceptors (Lipinski definition) is 2. The van der Waals surface area contributed by atoms with Crippen LogP contribution in [0.4, 0.5) is 0 Å². The number of carbonyl (C=O) groups is 1. The number of rotatable bonds is 7. The van der Waals surface area contributed by atoms with Gasteiger partial charge in [0.25, 0.3) is 0 Å². The zero-order chi connectivity index (χ0) is 17.9. The Balaban J connectivity index is 1.59. The lowest BCUT2D eigenvalue weighted by Crippen LogP contribution is -2.06. The van der Waals surface area contributed by atoms with Gasteiger partial charge in [0.2, 0.25) is 0 Å². The normalized spacial score (nSPS) is 11.6. The first kappa shape index (κ1) is 16.8. The van der Waals surface area contributed by atoms with Crippen molar-refractivity contribution >= 4 is 38.3 Å². The van der Waals surface area contributed by atoms with Crippen LogP contribution in [0, 0.1) is 0 Å². The van der Waals surface area contributed by atoms with Crippen LogP contribution in [0.2, 0.25) is 0 Å². The molecule has 0 atom stereocenters. The first-order valence-corrected chi connectivity index (χ1v) is 9.59. The molecule has 2 heteroatoms. The standard InChI is InChI=1S/C24H24O2/c1-2-3-16-26-22(25)9-5-6-17-10-11-20-13-12-18-7-4-8-19-14-15-21(17)24(20)23(18)19/h4,7-8,10-15H,2-3,5-6,9,16H2,1H3. The molecule has 0 radical (unpaired) electrons. The Morgan fingerprint density at radius 3 is 2.31 bits per heavy atom. The third-order valence-corrected chi connectivity index (χ3v) is 5.21. The van der Waals surface area contributed by atoms with E-state index in [1.54, 1.807) is 0 Å². The van der Waals surface area contributed by atoms with Gasteiger partial charge in [-0.3, -0.25) is 4.79 Å². The van der Waals surface area contributed by atoms with Gasteiger partial charge in [-0.2, -0.15) is 0 Å². The highest BCUT2D eigenvalue weighted by atomic mass is 16.5. The molecule has 0 aliphatic rings. The molecule has 4 aromatic rings. The van der Waals surface area contributed by atoms with Crippen LogP contribution in [-0.2, 0) is 16.0 Å². The average Bonchev–Trinajstić information content (AvgIpc) is 2.67. The lowest BCUT2D eigenvalue weighted by molar-refractivity contribution is -0.143. The largest absolute Gasteiger partial charge is 0.466 e. The minimum Gasteiger partial charge on any atom is -0.466 e. The second kappa shape index (κ2) is 7.33. The molecule has 4 aromatic carbocycles. The number of ether oxygens (including phenoxy) is 1. The maximum atomic E-state index is 11.8. The van der Waals surface area contributed by atoms with Gasteiger partial charge in [-0.05, 0) is 57.1 Å². The number of benzene rings is 4. The number of esters is 1. The maximum absolute atomic E-state index is 11.8. The summed E-state index contributed by atoms with van der Waals surface area (Å²) in [6.45, 7) is 2.65. The molecule has 0 amide bonds. The lowest BCUT2D eigenvalue weighted by atomic mass is 9.90. The van der Waals surface area contributed by atoms with Gasteiger partial charge in [-0.15, -0.1) is 0 Å².